The highest BCUT2D eigenvalue weighted by molar-refractivity contribution is 5.05. The van der Waals surface area contributed by atoms with Crippen LogP contribution < -0.4 is 5.32 Å². The average Bonchev–Trinajstić information content (AvgIpc) is 3.02. The van der Waals surface area contributed by atoms with Crippen LogP contribution in [0.3, 0.4) is 0 Å². The molecule has 0 bridgehead atoms. The summed E-state index contributed by atoms with van der Waals surface area (Å²) in [7, 11) is 1.87. The van der Waals surface area contributed by atoms with Crippen LogP contribution in [0.25, 0.3) is 0 Å². The highest BCUT2D eigenvalue weighted by Crippen LogP contribution is 2.58. The van der Waals surface area contributed by atoms with E-state index in [0.29, 0.717) is 0 Å². The van der Waals surface area contributed by atoms with Gasteiger partial charge in [0.25, 0.3) is 0 Å². The van der Waals surface area contributed by atoms with Gasteiger partial charge < -0.3 is 15.0 Å². The quantitative estimate of drug-likeness (QED) is 0.830. The Bertz CT molecular complexity index is 301. The Labute approximate surface area is 111 Å². The second-order valence-corrected chi connectivity index (χ2v) is 7.01. The summed E-state index contributed by atoms with van der Waals surface area (Å²) in [4.78, 5) is 2.66. The first kappa shape index (κ1) is 12.9. The van der Waals surface area contributed by atoms with E-state index in [9.17, 15) is 0 Å². The number of piperidine rings is 2. The highest BCUT2D eigenvalue weighted by atomic mass is 16.5. The molecule has 104 valence electrons. The summed E-state index contributed by atoms with van der Waals surface area (Å²) in [5, 5.41) is 3.49. The molecule has 2 saturated heterocycles. The minimum Gasteiger partial charge on any atom is -0.377 e. The Balaban J connectivity index is 1.52. The fourth-order valence-corrected chi connectivity index (χ4v) is 4.17. The average molecular weight is 252 g/mol. The summed E-state index contributed by atoms with van der Waals surface area (Å²) in [6.45, 7) is 8.49. The molecule has 1 N–H and O–H groups in total. The molecule has 2 heterocycles. The molecule has 0 radical (unpaired) electrons. The molecule has 3 fully saturated rings. The molecular weight excluding hydrogens is 224 g/mol. The van der Waals surface area contributed by atoms with Gasteiger partial charge in [-0.25, -0.2) is 0 Å². The molecule has 0 amide bonds. The summed E-state index contributed by atoms with van der Waals surface area (Å²) in [6, 6.07) is 0. The van der Waals surface area contributed by atoms with E-state index in [0.717, 1.165) is 17.9 Å². The normalized spacial score (nSPS) is 40.0. The lowest BCUT2D eigenvalue weighted by Crippen LogP contribution is -2.48. The molecule has 2 atom stereocenters. The molecule has 0 aromatic carbocycles. The van der Waals surface area contributed by atoms with Crippen LogP contribution in [-0.4, -0.2) is 50.3 Å². The van der Waals surface area contributed by atoms with Crippen molar-refractivity contribution in [1.29, 1.82) is 0 Å². The molecule has 1 saturated carbocycles. The first-order valence-electron chi connectivity index (χ1n) is 7.64. The van der Waals surface area contributed by atoms with Gasteiger partial charge in [0.15, 0.2) is 0 Å². The van der Waals surface area contributed by atoms with Gasteiger partial charge in [-0.1, -0.05) is 0 Å². The summed E-state index contributed by atoms with van der Waals surface area (Å²) in [5.74, 6) is 0.971. The Morgan fingerprint density at radius 3 is 2.78 bits per heavy atom. The second-order valence-electron chi connectivity index (χ2n) is 7.01. The van der Waals surface area contributed by atoms with Gasteiger partial charge >= 0.3 is 0 Å². The topological polar surface area (TPSA) is 24.5 Å². The van der Waals surface area contributed by atoms with E-state index in [2.05, 4.69) is 17.1 Å². The molecule has 3 aliphatic rings. The molecule has 0 aromatic heterocycles. The predicted molar refractivity (Wildman–Crippen MR) is 73.7 cm³/mol. The third kappa shape index (κ3) is 2.45. The van der Waals surface area contributed by atoms with Crippen LogP contribution in [0.2, 0.25) is 0 Å². The van der Waals surface area contributed by atoms with Crippen molar-refractivity contribution in [3.05, 3.63) is 0 Å². The first-order valence-corrected chi connectivity index (χ1v) is 7.64. The largest absolute Gasteiger partial charge is 0.377 e. The lowest BCUT2D eigenvalue weighted by molar-refractivity contribution is -0.0524. The fourth-order valence-electron chi connectivity index (χ4n) is 4.17. The second kappa shape index (κ2) is 4.77. The number of hydrogen-bond acceptors (Lipinski definition) is 3. The lowest BCUT2D eigenvalue weighted by atomic mass is 9.90. The first-order chi connectivity index (χ1) is 8.66. The van der Waals surface area contributed by atoms with E-state index in [-0.39, 0.29) is 5.60 Å². The number of rotatable bonds is 3. The van der Waals surface area contributed by atoms with Gasteiger partial charge in [0.05, 0.1) is 5.60 Å². The number of methoxy groups -OCH3 is 1. The highest BCUT2D eigenvalue weighted by Gasteiger charge is 2.54. The van der Waals surface area contributed by atoms with E-state index in [1.165, 1.54) is 58.3 Å². The Hall–Kier alpha value is -0.120. The van der Waals surface area contributed by atoms with E-state index in [1.54, 1.807) is 0 Å². The fraction of sp³-hybridized carbons (Fsp3) is 1.00. The smallest absolute Gasteiger partial charge is 0.0777 e. The molecular formula is C15H28N2O. The SMILES string of the molecule is COC1(C)CCCN(CC2CC23CCNCC3)C1. The van der Waals surface area contributed by atoms with E-state index >= 15 is 0 Å². The molecule has 0 aromatic rings. The summed E-state index contributed by atoms with van der Waals surface area (Å²) >= 11 is 0. The van der Waals surface area contributed by atoms with Crippen LogP contribution in [-0.2, 0) is 4.74 Å². The van der Waals surface area contributed by atoms with Crippen LogP contribution in [0, 0.1) is 11.3 Å². The van der Waals surface area contributed by atoms with Crippen molar-refractivity contribution in [3.63, 3.8) is 0 Å². The van der Waals surface area contributed by atoms with Crippen LogP contribution in [0.4, 0.5) is 0 Å². The van der Waals surface area contributed by atoms with Crippen molar-refractivity contribution >= 4 is 0 Å². The van der Waals surface area contributed by atoms with Gasteiger partial charge in [-0.15, -0.1) is 0 Å². The molecule has 1 spiro atoms. The summed E-state index contributed by atoms with van der Waals surface area (Å²) in [5.41, 5.74) is 0.834. The molecule has 2 unspecified atom stereocenters. The van der Waals surface area contributed by atoms with E-state index in [4.69, 9.17) is 4.74 Å². The number of hydrogen-bond donors (Lipinski definition) is 1. The summed E-state index contributed by atoms with van der Waals surface area (Å²) < 4.78 is 5.70. The van der Waals surface area contributed by atoms with Crippen LogP contribution >= 0.6 is 0 Å². The molecule has 3 rings (SSSR count). The summed E-state index contributed by atoms with van der Waals surface area (Å²) in [6.07, 6.45) is 6.82. The van der Waals surface area contributed by atoms with Gasteiger partial charge in [-0.3, -0.25) is 0 Å². The van der Waals surface area contributed by atoms with Crippen molar-refractivity contribution in [2.24, 2.45) is 11.3 Å². The monoisotopic (exact) mass is 252 g/mol. The molecule has 2 aliphatic heterocycles. The van der Waals surface area contributed by atoms with Crippen molar-refractivity contribution in [2.45, 2.75) is 44.6 Å². The van der Waals surface area contributed by atoms with Crippen LogP contribution in [0.5, 0.6) is 0 Å². The predicted octanol–water partition coefficient (Wildman–Crippen LogP) is 1.88. The third-order valence-electron chi connectivity index (χ3n) is 5.67. The van der Waals surface area contributed by atoms with Gasteiger partial charge in [0.2, 0.25) is 0 Å². The maximum Gasteiger partial charge on any atom is 0.0777 e. The molecule has 3 nitrogen and oxygen atoms in total. The van der Waals surface area contributed by atoms with Gasteiger partial charge in [0.1, 0.15) is 0 Å². The van der Waals surface area contributed by atoms with Crippen LogP contribution in [0.1, 0.15) is 39.0 Å². The molecule has 18 heavy (non-hydrogen) atoms. The van der Waals surface area contributed by atoms with Crippen molar-refractivity contribution < 1.29 is 4.74 Å². The lowest BCUT2D eigenvalue weighted by Gasteiger charge is -2.40. The number of nitrogens with zero attached hydrogens (tertiary/aromatic N) is 1. The Morgan fingerprint density at radius 2 is 2.06 bits per heavy atom. The molecule has 3 heteroatoms. The number of nitrogens with one attached hydrogen (secondary N) is 1. The Morgan fingerprint density at radius 1 is 1.28 bits per heavy atom. The van der Waals surface area contributed by atoms with Crippen molar-refractivity contribution in [1.82, 2.24) is 10.2 Å². The zero-order valence-corrected chi connectivity index (χ0v) is 12.0. The maximum absolute atomic E-state index is 5.70. The van der Waals surface area contributed by atoms with Gasteiger partial charge in [-0.05, 0) is 70.0 Å². The zero-order chi connectivity index (χ0) is 12.6. The minimum absolute atomic E-state index is 0.106. The zero-order valence-electron chi connectivity index (χ0n) is 12.0. The van der Waals surface area contributed by atoms with Crippen molar-refractivity contribution in [2.75, 3.05) is 39.8 Å². The van der Waals surface area contributed by atoms with E-state index in [1.807, 2.05) is 7.11 Å². The number of ether oxygens (including phenoxy) is 1. The number of likely N-dealkylation sites (tertiary alicyclic amines) is 1. The maximum atomic E-state index is 5.70. The van der Waals surface area contributed by atoms with E-state index < -0.39 is 0 Å². The van der Waals surface area contributed by atoms with Crippen LogP contribution in [0.15, 0.2) is 0 Å². The Kier molecular flexibility index (Phi) is 3.41. The van der Waals surface area contributed by atoms with Gasteiger partial charge in [-0.2, -0.15) is 0 Å². The third-order valence-corrected chi connectivity index (χ3v) is 5.67. The standard InChI is InChI=1S/C15H28N2O/c1-14(18-2)4-3-9-17(12-14)11-13-10-15(13)5-7-16-8-6-15/h13,16H,3-12H2,1-2H3. The minimum atomic E-state index is 0.106. The molecule has 1 aliphatic carbocycles. The van der Waals surface area contributed by atoms with Crippen molar-refractivity contribution in [3.8, 4) is 0 Å². The van der Waals surface area contributed by atoms with Gasteiger partial charge in [0, 0.05) is 20.2 Å².